The summed E-state index contributed by atoms with van der Waals surface area (Å²) in [5, 5.41) is 3.11. The van der Waals surface area contributed by atoms with E-state index < -0.39 is 0 Å². The first kappa shape index (κ1) is 13.5. The number of nitrogens with zero attached hydrogens (tertiary/aromatic N) is 1. The lowest BCUT2D eigenvalue weighted by Crippen LogP contribution is -2.21. The molecular formula is C15H17FN2O. The molecule has 0 radical (unpaired) electrons. The summed E-state index contributed by atoms with van der Waals surface area (Å²) >= 11 is 0. The van der Waals surface area contributed by atoms with Gasteiger partial charge in [0.25, 0.3) is 0 Å². The van der Waals surface area contributed by atoms with Gasteiger partial charge in [-0.3, -0.25) is 4.98 Å². The lowest BCUT2D eigenvalue weighted by molar-refractivity contribution is 0.414. The van der Waals surface area contributed by atoms with Gasteiger partial charge in [0.1, 0.15) is 11.6 Å². The molecule has 1 aromatic carbocycles. The zero-order valence-electron chi connectivity index (χ0n) is 11.3. The fraction of sp³-hybridized carbons (Fsp3) is 0.267. The Balaban J connectivity index is 2.46. The van der Waals surface area contributed by atoms with Crippen molar-refractivity contribution in [2.24, 2.45) is 0 Å². The molecule has 0 amide bonds. The molecule has 1 N–H and O–H groups in total. The molecule has 0 aliphatic carbocycles. The summed E-state index contributed by atoms with van der Waals surface area (Å²) in [6, 6.07) is 8.47. The number of aryl methyl sites for hydroxylation is 1. The second kappa shape index (κ2) is 5.80. The van der Waals surface area contributed by atoms with Crippen molar-refractivity contribution in [3.05, 3.63) is 59.2 Å². The predicted molar refractivity (Wildman–Crippen MR) is 72.8 cm³/mol. The highest BCUT2D eigenvalue weighted by molar-refractivity contribution is 5.40. The Morgan fingerprint density at radius 3 is 2.68 bits per heavy atom. The summed E-state index contributed by atoms with van der Waals surface area (Å²) in [6.07, 6.45) is 1.60. The van der Waals surface area contributed by atoms with Crippen LogP contribution in [0.2, 0.25) is 0 Å². The maximum atomic E-state index is 13.9. The third kappa shape index (κ3) is 2.74. The Hall–Kier alpha value is -1.94. The number of nitrogens with one attached hydrogen (secondary N) is 1. The van der Waals surface area contributed by atoms with E-state index in [0.717, 1.165) is 16.9 Å². The van der Waals surface area contributed by atoms with Gasteiger partial charge < -0.3 is 10.1 Å². The normalized spacial score (nSPS) is 12.2. The number of rotatable bonds is 4. The summed E-state index contributed by atoms with van der Waals surface area (Å²) in [5.41, 5.74) is 2.42. The van der Waals surface area contributed by atoms with Crippen LogP contribution in [0.15, 0.2) is 36.5 Å². The average molecular weight is 260 g/mol. The second-order valence-electron chi connectivity index (χ2n) is 4.31. The number of halogens is 1. The standard InChI is InChI=1S/C15H17FN2O/c1-10-9-11(19-3)6-7-12(10)14(17-2)15-13(16)5-4-8-18-15/h4-9,14,17H,1-3H3. The Morgan fingerprint density at radius 2 is 2.11 bits per heavy atom. The highest BCUT2D eigenvalue weighted by Gasteiger charge is 2.19. The van der Waals surface area contributed by atoms with Gasteiger partial charge in [0.15, 0.2) is 0 Å². The molecule has 0 fully saturated rings. The van der Waals surface area contributed by atoms with Crippen LogP contribution in [0.1, 0.15) is 22.9 Å². The maximum Gasteiger partial charge on any atom is 0.146 e. The van der Waals surface area contributed by atoms with Crippen LogP contribution >= 0.6 is 0 Å². The zero-order valence-corrected chi connectivity index (χ0v) is 11.3. The predicted octanol–water partition coefficient (Wildman–Crippen LogP) is 2.85. The van der Waals surface area contributed by atoms with Gasteiger partial charge in [0, 0.05) is 6.20 Å². The minimum Gasteiger partial charge on any atom is -0.497 e. The number of hydrogen-bond acceptors (Lipinski definition) is 3. The topological polar surface area (TPSA) is 34.1 Å². The molecule has 1 atom stereocenters. The third-order valence-corrected chi connectivity index (χ3v) is 3.14. The minimum absolute atomic E-state index is 0.271. The number of benzene rings is 1. The molecule has 1 aromatic heterocycles. The van der Waals surface area contributed by atoms with Crippen LogP contribution in [0.3, 0.4) is 0 Å². The molecule has 1 unspecified atom stereocenters. The minimum atomic E-state index is -0.308. The molecule has 2 aromatic rings. The van der Waals surface area contributed by atoms with Gasteiger partial charge in [-0.15, -0.1) is 0 Å². The Labute approximate surface area is 112 Å². The third-order valence-electron chi connectivity index (χ3n) is 3.14. The van der Waals surface area contributed by atoms with E-state index in [0.29, 0.717) is 5.69 Å². The van der Waals surface area contributed by atoms with Gasteiger partial charge in [-0.05, 0) is 49.4 Å². The van der Waals surface area contributed by atoms with Crippen LogP contribution in [0.25, 0.3) is 0 Å². The molecule has 0 saturated carbocycles. The Bertz CT molecular complexity index is 572. The number of methoxy groups -OCH3 is 1. The van der Waals surface area contributed by atoms with E-state index >= 15 is 0 Å². The largest absolute Gasteiger partial charge is 0.497 e. The first-order chi connectivity index (χ1) is 9.17. The quantitative estimate of drug-likeness (QED) is 0.918. The van der Waals surface area contributed by atoms with E-state index in [1.807, 2.05) is 25.1 Å². The first-order valence-corrected chi connectivity index (χ1v) is 6.09. The second-order valence-corrected chi connectivity index (χ2v) is 4.31. The summed E-state index contributed by atoms with van der Waals surface area (Å²) in [4.78, 5) is 4.14. The van der Waals surface area contributed by atoms with Crippen molar-refractivity contribution in [2.75, 3.05) is 14.2 Å². The van der Waals surface area contributed by atoms with Gasteiger partial charge in [-0.1, -0.05) is 6.07 Å². The van der Waals surface area contributed by atoms with Crippen molar-refractivity contribution >= 4 is 0 Å². The van der Waals surface area contributed by atoms with E-state index in [9.17, 15) is 4.39 Å². The number of pyridine rings is 1. The lowest BCUT2D eigenvalue weighted by Gasteiger charge is -2.19. The molecule has 19 heavy (non-hydrogen) atoms. The molecular weight excluding hydrogens is 243 g/mol. The fourth-order valence-corrected chi connectivity index (χ4v) is 2.15. The SMILES string of the molecule is CNC(c1ccc(OC)cc1C)c1ncccc1F. The number of ether oxygens (including phenoxy) is 1. The van der Waals surface area contributed by atoms with Gasteiger partial charge in [0.2, 0.25) is 0 Å². The van der Waals surface area contributed by atoms with Crippen molar-refractivity contribution in [3.8, 4) is 5.75 Å². The van der Waals surface area contributed by atoms with E-state index in [1.54, 1.807) is 26.4 Å². The Morgan fingerprint density at radius 1 is 1.32 bits per heavy atom. The van der Waals surface area contributed by atoms with E-state index in [2.05, 4.69) is 10.3 Å². The van der Waals surface area contributed by atoms with Crippen molar-refractivity contribution in [1.82, 2.24) is 10.3 Å². The lowest BCUT2D eigenvalue weighted by atomic mass is 9.98. The van der Waals surface area contributed by atoms with Crippen molar-refractivity contribution < 1.29 is 9.13 Å². The first-order valence-electron chi connectivity index (χ1n) is 6.09. The van der Waals surface area contributed by atoms with Crippen molar-refractivity contribution in [3.63, 3.8) is 0 Å². The van der Waals surface area contributed by atoms with E-state index in [1.165, 1.54) is 6.07 Å². The van der Waals surface area contributed by atoms with Gasteiger partial charge in [-0.25, -0.2) is 4.39 Å². The number of aromatic nitrogens is 1. The molecule has 1 heterocycles. The van der Waals surface area contributed by atoms with Crippen LogP contribution in [0.5, 0.6) is 5.75 Å². The smallest absolute Gasteiger partial charge is 0.146 e. The molecule has 0 bridgehead atoms. The summed E-state index contributed by atoms with van der Waals surface area (Å²) < 4.78 is 19.0. The van der Waals surface area contributed by atoms with Crippen LogP contribution < -0.4 is 10.1 Å². The van der Waals surface area contributed by atoms with Crippen LogP contribution in [-0.2, 0) is 0 Å². The van der Waals surface area contributed by atoms with Crippen LogP contribution in [0, 0.1) is 12.7 Å². The summed E-state index contributed by atoms with van der Waals surface area (Å²) in [7, 11) is 3.42. The highest BCUT2D eigenvalue weighted by atomic mass is 19.1. The summed E-state index contributed by atoms with van der Waals surface area (Å²) in [6.45, 7) is 1.98. The van der Waals surface area contributed by atoms with E-state index in [4.69, 9.17) is 4.74 Å². The van der Waals surface area contributed by atoms with Crippen LogP contribution in [-0.4, -0.2) is 19.1 Å². The van der Waals surface area contributed by atoms with Gasteiger partial charge >= 0.3 is 0 Å². The molecule has 0 aliphatic rings. The average Bonchev–Trinajstić information content (AvgIpc) is 2.43. The van der Waals surface area contributed by atoms with E-state index in [-0.39, 0.29) is 11.9 Å². The van der Waals surface area contributed by atoms with Gasteiger partial charge in [-0.2, -0.15) is 0 Å². The fourth-order valence-electron chi connectivity index (χ4n) is 2.15. The summed E-state index contributed by atoms with van der Waals surface area (Å²) in [5.74, 6) is 0.481. The molecule has 0 saturated heterocycles. The molecule has 0 spiro atoms. The molecule has 3 nitrogen and oxygen atoms in total. The molecule has 0 aliphatic heterocycles. The Kier molecular flexibility index (Phi) is 4.12. The maximum absolute atomic E-state index is 13.9. The monoisotopic (exact) mass is 260 g/mol. The molecule has 100 valence electrons. The van der Waals surface area contributed by atoms with Crippen LogP contribution in [0.4, 0.5) is 4.39 Å². The van der Waals surface area contributed by atoms with Crippen molar-refractivity contribution in [1.29, 1.82) is 0 Å². The van der Waals surface area contributed by atoms with Gasteiger partial charge in [0.05, 0.1) is 18.8 Å². The molecule has 4 heteroatoms. The number of hydrogen-bond donors (Lipinski definition) is 1. The zero-order chi connectivity index (χ0) is 13.8. The molecule has 2 rings (SSSR count). The van der Waals surface area contributed by atoms with Crippen molar-refractivity contribution in [2.45, 2.75) is 13.0 Å². The highest BCUT2D eigenvalue weighted by Crippen LogP contribution is 2.27.